The van der Waals surface area contributed by atoms with Gasteiger partial charge in [0.15, 0.2) is 17.3 Å². The van der Waals surface area contributed by atoms with Gasteiger partial charge in [-0.2, -0.15) is 0 Å². The molecule has 0 saturated carbocycles. The molecule has 0 N–H and O–H groups in total. The van der Waals surface area contributed by atoms with Crippen molar-refractivity contribution in [2.24, 2.45) is 0 Å². The average molecular weight is 496 g/mol. The first-order chi connectivity index (χ1) is 16.5. The third-order valence-corrected chi connectivity index (χ3v) is 6.64. The summed E-state index contributed by atoms with van der Waals surface area (Å²) in [7, 11) is 0. The van der Waals surface area contributed by atoms with Crippen LogP contribution in [0.1, 0.15) is 32.6 Å². The minimum atomic E-state index is -0.172. The number of carbonyl (C=O) groups is 1. The summed E-state index contributed by atoms with van der Waals surface area (Å²) >= 11 is 12.3. The van der Waals surface area contributed by atoms with E-state index in [9.17, 15) is 4.79 Å². The predicted octanol–water partition coefficient (Wildman–Crippen LogP) is 6.00. The van der Waals surface area contributed by atoms with E-state index in [1.165, 1.54) is 0 Å². The maximum atomic E-state index is 13.2. The van der Waals surface area contributed by atoms with Crippen LogP contribution in [-0.4, -0.2) is 24.2 Å². The largest absolute Gasteiger partial charge is 0.478 e. The Balaban J connectivity index is 1.30. The second kappa shape index (κ2) is 8.24. The molecule has 3 aliphatic rings. The van der Waals surface area contributed by atoms with E-state index in [-0.39, 0.29) is 18.3 Å². The van der Waals surface area contributed by atoms with Crippen molar-refractivity contribution in [1.82, 2.24) is 4.90 Å². The number of hydrogen-bond donors (Lipinski definition) is 0. The first kappa shape index (κ1) is 21.4. The lowest BCUT2D eigenvalue weighted by molar-refractivity contribution is 0.0871. The molecule has 0 atom stereocenters. The zero-order chi connectivity index (χ0) is 23.4. The van der Waals surface area contributed by atoms with E-state index in [0.29, 0.717) is 46.7 Å². The Kier molecular flexibility index (Phi) is 5.17. The molecule has 34 heavy (non-hydrogen) atoms. The quantitative estimate of drug-likeness (QED) is 0.415. The summed E-state index contributed by atoms with van der Waals surface area (Å²) < 4.78 is 23.1. The zero-order valence-corrected chi connectivity index (χ0v) is 19.7. The molecular weight excluding hydrogens is 477 g/mol. The summed E-state index contributed by atoms with van der Waals surface area (Å²) in [5.74, 6) is 2.84. The van der Waals surface area contributed by atoms with Crippen LogP contribution in [-0.2, 0) is 13.1 Å². The van der Waals surface area contributed by atoms with Gasteiger partial charge >= 0.3 is 0 Å². The van der Waals surface area contributed by atoms with Gasteiger partial charge in [-0.1, -0.05) is 35.3 Å². The van der Waals surface area contributed by atoms with Crippen LogP contribution >= 0.6 is 23.2 Å². The lowest BCUT2D eigenvalue weighted by Gasteiger charge is -2.30. The first-order valence-electron chi connectivity index (χ1n) is 10.8. The number of carbonyl (C=O) groups excluding carboxylic acids is 1. The number of nitrogens with zero attached hydrogens (tertiary/aromatic N) is 1. The molecule has 0 fully saturated rings. The zero-order valence-electron chi connectivity index (χ0n) is 18.2. The van der Waals surface area contributed by atoms with Gasteiger partial charge in [-0.15, -0.1) is 0 Å². The molecule has 0 aliphatic carbocycles. The molecule has 0 bridgehead atoms. The monoisotopic (exact) mass is 495 g/mol. The highest BCUT2D eigenvalue weighted by Gasteiger charge is 2.35. The predicted molar refractivity (Wildman–Crippen MR) is 128 cm³/mol. The Morgan fingerprint density at radius 2 is 1.85 bits per heavy atom. The van der Waals surface area contributed by atoms with Gasteiger partial charge in [0.1, 0.15) is 18.2 Å². The van der Waals surface area contributed by atoms with Gasteiger partial charge in [-0.25, -0.2) is 0 Å². The molecule has 0 saturated heterocycles. The maximum Gasteiger partial charge on any atom is 0.232 e. The van der Waals surface area contributed by atoms with Gasteiger partial charge in [0, 0.05) is 23.1 Å². The van der Waals surface area contributed by atoms with Crippen molar-refractivity contribution >= 4 is 35.1 Å². The summed E-state index contributed by atoms with van der Waals surface area (Å²) in [5, 5.41) is 0.975. The molecule has 6 rings (SSSR count). The highest BCUT2D eigenvalue weighted by molar-refractivity contribution is 6.35. The standard InChI is InChI=1S/C26H19Cl2NO5/c1-14-6-21-18(11-29(12-31-21)10-15-2-5-20-22(7-15)33-13-32-20)26-24(14)25(30)23(34-26)8-16-3-4-17(27)9-19(16)28/h2-9H,10-13H2,1H3/b23-8-. The van der Waals surface area contributed by atoms with Crippen LogP contribution in [0.4, 0.5) is 0 Å². The van der Waals surface area contributed by atoms with Gasteiger partial charge < -0.3 is 18.9 Å². The van der Waals surface area contributed by atoms with E-state index in [1.54, 1.807) is 24.3 Å². The average Bonchev–Trinajstić information content (AvgIpc) is 3.41. The summed E-state index contributed by atoms with van der Waals surface area (Å²) in [5.41, 5.74) is 3.97. The van der Waals surface area contributed by atoms with E-state index >= 15 is 0 Å². The van der Waals surface area contributed by atoms with Crippen LogP contribution in [0.15, 0.2) is 48.2 Å². The van der Waals surface area contributed by atoms with E-state index in [2.05, 4.69) is 4.90 Å². The number of allylic oxidation sites excluding steroid dienone is 1. The van der Waals surface area contributed by atoms with Gasteiger partial charge in [0.25, 0.3) is 0 Å². The molecule has 6 nitrogen and oxygen atoms in total. The van der Waals surface area contributed by atoms with E-state index in [0.717, 1.165) is 33.9 Å². The van der Waals surface area contributed by atoms with E-state index < -0.39 is 0 Å². The molecule has 0 aromatic heterocycles. The number of halogens is 2. The van der Waals surface area contributed by atoms with E-state index in [1.807, 2.05) is 31.2 Å². The van der Waals surface area contributed by atoms with Crippen molar-refractivity contribution in [3.8, 4) is 23.0 Å². The van der Waals surface area contributed by atoms with Crippen LogP contribution in [0.25, 0.3) is 6.08 Å². The molecule has 3 heterocycles. The Bertz CT molecular complexity index is 1380. The Morgan fingerprint density at radius 1 is 1.00 bits per heavy atom. The third kappa shape index (κ3) is 3.68. The number of aryl methyl sites for hydroxylation is 1. The number of ether oxygens (including phenoxy) is 4. The number of benzene rings is 3. The molecule has 0 unspecified atom stereocenters. The number of rotatable bonds is 3. The third-order valence-electron chi connectivity index (χ3n) is 6.08. The second-order valence-electron chi connectivity index (χ2n) is 8.43. The van der Waals surface area contributed by atoms with Crippen molar-refractivity contribution in [3.63, 3.8) is 0 Å². The molecule has 172 valence electrons. The fourth-order valence-corrected chi connectivity index (χ4v) is 4.90. The minimum Gasteiger partial charge on any atom is -0.478 e. The second-order valence-corrected chi connectivity index (χ2v) is 9.27. The smallest absolute Gasteiger partial charge is 0.232 e. The van der Waals surface area contributed by atoms with Crippen LogP contribution < -0.4 is 18.9 Å². The SMILES string of the molecule is Cc1cc2c(c3c1C(=O)/C(=C/c1ccc(Cl)cc1Cl)O3)CN(Cc1ccc3c(c1)OCO3)CO2. The molecule has 3 aromatic rings. The van der Waals surface area contributed by atoms with Crippen molar-refractivity contribution in [1.29, 1.82) is 0 Å². The maximum absolute atomic E-state index is 13.2. The van der Waals surface area contributed by atoms with Crippen LogP contribution in [0.5, 0.6) is 23.0 Å². The topological polar surface area (TPSA) is 57.2 Å². The summed E-state index contributed by atoms with van der Waals surface area (Å²) in [6.45, 7) is 3.79. The normalized spacial score (nSPS) is 17.4. The van der Waals surface area contributed by atoms with Crippen molar-refractivity contribution in [2.45, 2.75) is 20.0 Å². The van der Waals surface area contributed by atoms with Gasteiger partial charge in [-0.05, 0) is 60.0 Å². The van der Waals surface area contributed by atoms with Crippen molar-refractivity contribution < 1.29 is 23.7 Å². The molecular formula is C26H19Cl2NO5. The summed E-state index contributed by atoms with van der Waals surface area (Å²) in [6, 6.07) is 12.9. The van der Waals surface area contributed by atoms with Crippen LogP contribution in [0.3, 0.4) is 0 Å². The molecule has 8 heteroatoms. The fraction of sp³-hybridized carbons (Fsp3) is 0.192. The Labute approximate surface area is 206 Å². The summed E-state index contributed by atoms with van der Waals surface area (Å²) in [4.78, 5) is 15.4. The molecule has 0 spiro atoms. The van der Waals surface area contributed by atoms with Crippen LogP contribution in [0.2, 0.25) is 10.0 Å². The Hall–Kier alpha value is -3.19. The molecule has 0 radical (unpaired) electrons. The van der Waals surface area contributed by atoms with Gasteiger partial charge in [0.2, 0.25) is 12.6 Å². The van der Waals surface area contributed by atoms with E-state index in [4.69, 9.17) is 42.1 Å². The fourth-order valence-electron chi connectivity index (χ4n) is 4.43. The van der Waals surface area contributed by atoms with Gasteiger partial charge in [-0.3, -0.25) is 9.69 Å². The number of fused-ring (bicyclic) bond motifs is 4. The number of Topliss-reactive ketones (excluding diaryl/α,β-unsaturated/α-hetero) is 1. The van der Waals surface area contributed by atoms with Crippen molar-refractivity contribution in [3.05, 3.63) is 86.1 Å². The first-order valence-corrected chi connectivity index (χ1v) is 11.5. The lowest BCUT2D eigenvalue weighted by atomic mass is 9.98. The molecule has 3 aromatic carbocycles. The molecule has 3 aliphatic heterocycles. The summed E-state index contributed by atoms with van der Waals surface area (Å²) in [6.07, 6.45) is 1.65. The Morgan fingerprint density at radius 3 is 2.71 bits per heavy atom. The van der Waals surface area contributed by atoms with Crippen molar-refractivity contribution in [2.75, 3.05) is 13.5 Å². The lowest BCUT2D eigenvalue weighted by Crippen LogP contribution is -2.31. The van der Waals surface area contributed by atoms with Gasteiger partial charge in [0.05, 0.1) is 11.1 Å². The highest BCUT2D eigenvalue weighted by Crippen LogP contribution is 2.44. The highest BCUT2D eigenvalue weighted by atomic mass is 35.5. The minimum absolute atomic E-state index is 0.172. The number of hydrogen-bond acceptors (Lipinski definition) is 6. The molecule has 0 amide bonds. The number of ketones is 1. The van der Waals surface area contributed by atoms with Crippen LogP contribution in [0, 0.1) is 6.92 Å².